The number of carbonyl (C=O) groups is 1. The molecule has 0 aliphatic carbocycles. The number of hydrogen-bond acceptors (Lipinski definition) is 6. The van der Waals surface area contributed by atoms with Crippen molar-refractivity contribution in [3.05, 3.63) is 57.3 Å². The third-order valence-electron chi connectivity index (χ3n) is 6.97. The summed E-state index contributed by atoms with van der Waals surface area (Å²) in [5.41, 5.74) is 3.02. The fourth-order valence-corrected chi connectivity index (χ4v) is 5.45. The number of piperidine rings is 1. The minimum absolute atomic E-state index is 0.0496. The highest BCUT2D eigenvalue weighted by molar-refractivity contribution is 6.42. The molecule has 0 radical (unpaired) electrons. The molecule has 1 amide bonds. The van der Waals surface area contributed by atoms with Gasteiger partial charge < -0.3 is 19.9 Å². The van der Waals surface area contributed by atoms with Crippen LogP contribution in [-0.2, 0) is 0 Å². The van der Waals surface area contributed by atoms with E-state index < -0.39 is 6.10 Å². The lowest BCUT2D eigenvalue weighted by molar-refractivity contribution is 0.0605. The van der Waals surface area contributed by atoms with Gasteiger partial charge in [-0.1, -0.05) is 23.2 Å². The van der Waals surface area contributed by atoms with Crippen LogP contribution < -0.4 is 4.90 Å². The summed E-state index contributed by atoms with van der Waals surface area (Å²) in [6.07, 6.45) is 4.29. The van der Waals surface area contributed by atoms with Gasteiger partial charge in [-0.2, -0.15) is 5.10 Å². The molecule has 35 heavy (non-hydrogen) atoms. The number of halogens is 2. The van der Waals surface area contributed by atoms with Gasteiger partial charge in [0.05, 0.1) is 27.9 Å². The summed E-state index contributed by atoms with van der Waals surface area (Å²) in [7, 11) is 0. The monoisotopic (exact) mass is 514 g/mol. The molecule has 2 aliphatic heterocycles. The van der Waals surface area contributed by atoms with E-state index >= 15 is 0 Å². The van der Waals surface area contributed by atoms with Gasteiger partial charge in [-0.3, -0.25) is 4.79 Å². The summed E-state index contributed by atoms with van der Waals surface area (Å²) in [6.45, 7) is 7.93. The SMILES string of the molecule is C=NC[C@@H]1CN(c2nc3cc([C@@H]4CCCCN4C(=O)c4ccc(Cl)c(Cl)c4)nn3cc2C)C[C@@H]1O. The predicted molar refractivity (Wildman–Crippen MR) is 138 cm³/mol. The lowest BCUT2D eigenvalue weighted by Gasteiger charge is -2.34. The first-order valence-electron chi connectivity index (χ1n) is 11.8. The zero-order valence-corrected chi connectivity index (χ0v) is 21.1. The quantitative estimate of drug-likeness (QED) is 0.515. The third kappa shape index (κ3) is 4.62. The Morgan fingerprint density at radius 3 is 2.83 bits per heavy atom. The molecule has 10 heteroatoms. The smallest absolute Gasteiger partial charge is 0.254 e. The second-order valence-electron chi connectivity index (χ2n) is 9.40. The minimum Gasteiger partial charge on any atom is -0.391 e. The van der Waals surface area contributed by atoms with Gasteiger partial charge in [-0.15, -0.1) is 0 Å². The highest BCUT2D eigenvalue weighted by Gasteiger charge is 2.34. The van der Waals surface area contributed by atoms with Crippen LogP contribution >= 0.6 is 23.2 Å². The molecular weight excluding hydrogens is 487 g/mol. The van der Waals surface area contributed by atoms with Gasteiger partial charge in [0.1, 0.15) is 5.82 Å². The molecule has 2 aliphatic rings. The maximum absolute atomic E-state index is 13.4. The van der Waals surface area contributed by atoms with Crippen molar-refractivity contribution in [2.24, 2.45) is 10.9 Å². The van der Waals surface area contributed by atoms with Crippen molar-refractivity contribution in [1.82, 2.24) is 19.5 Å². The van der Waals surface area contributed by atoms with Gasteiger partial charge in [-0.05, 0) is 51.1 Å². The van der Waals surface area contributed by atoms with E-state index in [1.54, 1.807) is 22.7 Å². The van der Waals surface area contributed by atoms with E-state index in [0.29, 0.717) is 47.4 Å². The molecule has 0 spiro atoms. The molecule has 1 aromatic carbocycles. The standard InChI is InChI=1S/C25H28Cl2N6O2/c1-15-12-33-23(29-24(15)31-13-17(11-28-2)22(34)14-31)10-20(30-33)21-5-3-4-8-32(21)25(35)16-6-7-18(26)19(27)9-16/h6-7,9-10,12,17,21-22,34H,2-5,8,11,13-14H2,1H3/t17-,21+,22+/m1/s1. The molecule has 0 unspecified atom stereocenters. The van der Waals surface area contributed by atoms with E-state index in [0.717, 1.165) is 36.3 Å². The van der Waals surface area contributed by atoms with Crippen molar-refractivity contribution in [1.29, 1.82) is 0 Å². The van der Waals surface area contributed by atoms with Crippen LogP contribution in [0.2, 0.25) is 10.0 Å². The second kappa shape index (κ2) is 9.76. The number of β-amino-alcohol motifs (C(OH)–C–C–N with tert-alkyl or cyclic N) is 1. The topological polar surface area (TPSA) is 86.3 Å². The highest BCUT2D eigenvalue weighted by Crippen LogP contribution is 2.34. The van der Waals surface area contributed by atoms with Crippen LogP contribution in [-0.4, -0.2) is 69.5 Å². The normalized spacial score (nSPS) is 22.7. The van der Waals surface area contributed by atoms with Gasteiger partial charge in [0.15, 0.2) is 5.65 Å². The molecule has 2 saturated heterocycles. The molecule has 0 saturated carbocycles. The molecule has 8 nitrogen and oxygen atoms in total. The van der Waals surface area contributed by atoms with E-state index in [1.807, 2.05) is 24.1 Å². The lowest BCUT2D eigenvalue weighted by Crippen LogP contribution is -2.38. The van der Waals surface area contributed by atoms with Gasteiger partial charge in [-0.25, -0.2) is 9.50 Å². The van der Waals surface area contributed by atoms with Crippen LogP contribution in [0.3, 0.4) is 0 Å². The summed E-state index contributed by atoms with van der Waals surface area (Å²) < 4.78 is 1.78. The van der Waals surface area contributed by atoms with E-state index in [2.05, 4.69) is 16.6 Å². The first-order chi connectivity index (χ1) is 16.9. The Kier molecular flexibility index (Phi) is 6.70. The Balaban J connectivity index is 1.44. The Morgan fingerprint density at radius 2 is 2.06 bits per heavy atom. The first-order valence-corrected chi connectivity index (χ1v) is 12.6. The summed E-state index contributed by atoms with van der Waals surface area (Å²) in [5.74, 6) is 0.804. The van der Waals surface area contributed by atoms with Gasteiger partial charge in [0, 0.05) is 55.5 Å². The number of likely N-dealkylation sites (tertiary alicyclic amines) is 1. The Bertz CT molecular complexity index is 1280. The first kappa shape index (κ1) is 24.0. The Morgan fingerprint density at radius 1 is 1.23 bits per heavy atom. The minimum atomic E-state index is -0.457. The van der Waals surface area contributed by atoms with E-state index in [4.69, 9.17) is 33.3 Å². The molecule has 184 valence electrons. The number of amides is 1. The molecule has 3 aromatic rings. The lowest BCUT2D eigenvalue weighted by atomic mass is 9.98. The van der Waals surface area contributed by atoms with Gasteiger partial charge >= 0.3 is 0 Å². The van der Waals surface area contributed by atoms with Crippen LogP contribution in [0.25, 0.3) is 5.65 Å². The van der Waals surface area contributed by atoms with Crippen LogP contribution in [0.5, 0.6) is 0 Å². The maximum Gasteiger partial charge on any atom is 0.254 e. The fourth-order valence-electron chi connectivity index (χ4n) is 5.15. The van der Waals surface area contributed by atoms with Crippen molar-refractivity contribution >= 4 is 47.3 Å². The zero-order chi connectivity index (χ0) is 24.7. The summed E-state index contributed by atoms with van der Waals surface area (Å²) in [6, 6.07) is 6.80. The molecule has 2 fully saturated rings. The Hall–Kier alpha value is -2.68. The summed E-state index contributed by atoms with van der Waals surface area (Å²) in [4.78, 5) is 26.2. The van der Waals surface area contributed by atoms with Crippen LogP contribution in [0.4, 0.5) is 5.82 Å². The summed E-state index contributed by atoms with van der Waals surface area (Å²) in [5, 5.41) is 16.0. The van der Waals surface area contributed by atoms with Gasteiger partial charge in [0.2, 0.25) is 0 Å². The second-order valence-corrected chi connectivity index (χ2v) is 10.2. The third-order valence-corrected chi connectivity index (χ3v) is 7.70. The number of aliphatic hydroxyl groups is 1. The van der Waals surface area contributed by atoms with Crippen molar-refractivity contribution in [3.63, 3.8) is 0 Å². The molecule has 5 rings (SSSR count). The number of fused-ring (bicyclic) bond motifs is 1. The number of aryl methyl sites for hydroxylation is 1. The molecule has 2 aromatic heterocycles. The fraction of sp³-hybridized carbons (Fsp3) is 0.440. The van der Waals surface area contributed by atoms with E-state index in [9.17, 15) is 9.90 Å². The number of aromatic nitrogens is 3. The maximum atomic E-state index is 13.4. The number of benzene rings is 1. The predicted octanol–water partition coefficient (Wildman–Crippen LogP) is 4.21. The number of aliphatic hydroxyl groups excluding tert-OH is 1. The van der Waals surface area contributed by atoms with Crippen LogP contribution in [0.15, 0.2) is 35.5 Å². The molecule has 4 heterocycles. The molecule has 3 atom stereocenters. The molecule has 1 N–H and O–H groups in total. The highest BCUT2D eigenvalue weighted by atomic mass is 35.5. The van der Waals surface area contributed by atoms with Crippen LogP contribution in [0.1, 0.15) is 46.9 Å². The number of nitrogens with zero attached hydrogens (tertiary/aromatic N) is 6. The van der Waals surface area contributed by atoms with Crippen molar-refractivity contribution in [3.8, 4) is 0 Å². The van der Waals surface area contributed by atoms with E-state index in [-0.39, 0.29) is 17.9 Å². The van der Waals surface area contributed by atoms with Crippen LogP contribution in [0, 0.1) is 12.8 Å². The van der Waals surface area contributed by atoms with Crippen molar-refractivity contribution in [2.45, 2.75) is 38.3 Å². The number of hydrogen-bond donors (Lipinski definition) is 1. The average molecular weight is 515 g/mol. The number of rotatable bonds is 5. The molecule has 0 bridgehead atoms. The van der Waals surface area contributed by atoms with Gasteiger partial charge in [0.25, 0.3) is 5.91 Å². The zero-order valence-electron chi connectivity index (χ0n) is 19.6. The number of aliphatic imine (C=N–C) groups is 1. The number of anilines is 1. The van der Waals surface area contributed by atoms with Crippen molar-refractivity contribution in [2.75, 3.05) is 31.1 Å². The Labute approximate surface area is 214 Å². The largest absolute Gasteiger partial charge is 0.391 e. The summed E-state index contributed by atoms with van der Waals surface area (Å²) >= 11 is 12.2. The molecular formula is C25H28Cl2N6O2. The van der Waals surface area contributed by atoms with E-state index in [1.165, 1.54) is 0 Å². The number of carbonyl (C=O) groups excluding carboxylic acids is 1. The van der Waals surface area contributed by atoms with Crippen molar-refractivity contribution < 1.29 is 9.90 Å². The average Bonchev–Trinajstić information content (AvgIpc) is 3.42.